The largest absolute Gasteiger partial charge is 0.494 e. The molecular weight excluding hydrogens is 402 g/mol. The molecule has 0 spiro atoms. The van der Waals surface area contributed by atoms with Crippen molar-refractivity contribution in [3.8, 4) is 28.5 Å². The Hall–Kier alpha value is -3.60. The molecule has 0 aliphatic heterocycles. The van der Waals surface area contributed by atoms with Crippen LogP contribution in [0.15, 0.2) is 77.3 Å². The number of hydrogen-bond acceptors (Lipinski definition) is 5. The maximum Gasteiger partial charge on any atom is 0.305 e. The van der Waals surface area contributed by atoms with Crippen LogP contribution in [0.5, 0.6) is 5.75 Å². The Kier molecular flexibility index (Phi) is 7.18. The van der Waals surface area contributed by atoms with Crippen LogP contribution >= 0.6 is 0 Å². The lowest BCUT2D eigenvalue weighted by Gasteiger charge is -2.08. The zero-order valence-corrected chi connectivity index (χ0v) is 18.3. The molecule has 0 radical (unpaired) electrons. The van der Waals surface area contributed by atoms with Gasteiger partial charge in [-0.15, -0.1) is 0 Å². The summed E-state index contributed by atoms with van der Waals surface area (Å²) in [7, 11) is 0. The first-order valence-electron chi connectivity index (χ1n) is 11.1. The van der Waals surface area contributed by atoms with E-state index in [2.05, 4.69) is 23.2 Å². The van der Waals surface area contributed by atoms with E-state index in [1.165, 1.54) is 0 Å². The molecule has 1 aromatic heterocycles. The number of carbonyl (C=O) groups is 1. The summed E-state index contributed by atoms with van der Waals surface area (Å²) >= 11 is 0. The lowest BCUT2D eigenvalue weighted by Crippen LogP contribution is -2.04. The molecule has 0 saturated carbocycles. The number of carbonyl (C=O) groups excluding carboxylic acids is 1. The molecule has 0 saturated heterocycles. The molecule has 1 heterocycles. The minimum absolute atomic E-state index is 0.122. The molecule has 5 nitrogen and oxygen atoms in total. The molecule has 0 atom stereocenters. The van der Waals surface area contributed by atoms with E-state index in [0.717, 1.165) is 52.7 Å². The molecule has 5 heteroatoms. The van der Waals surface area contributed by atoms with Gasteiger partial charge in [0.15, 0.2) is 5.76 Å². The zero-order chi connectivity index (χ0) is 22.2. The van der Waals surface area contributed by atoms with Crippen LogP contribution in [-0.2, 0) is 9.53 Å². The average molecular weight is 430 g/mol. The fourth-order valence-electron chi connectivity index (χ4n) is 3.56. The quantitative estimate of drug-likeness (QED) is 0.208. The van der Waals surface area contributed by atoms with Gasteiger partial charge >= 0.3 is 5.97 Å². The monoisotopic (exact) mass is 429 g/mol. The highest BCUT2D eigenvalue weighted by molar-refractivity contribution is 5.87. The van der Waals surface area contributed by atoms with Crippen molar-refractivity contribution < 1.29 is 18.7 Å². The normalized spacial score (nSPS) is 10.9. The van der Waals surface area contributed by atoms with E-state index >= 15 is 0 Å². The predicted molar refractivity (Wildman–Crippen MR) is 125 cm³/mol. The molecule has 4 aromatic rings. The summed E-state index contributed by atoms with van der Waals surface area (Å²) in [6.45, 7) is 2.90. The first-order valence-corrected chi connectivity index (χ1v) is 11.1. The Balaban J connectivity index is 1.34. The van der Waals surface area contributed by atoms with Crippen LogP contribution in [0.1, 0.15) is 32.6 Å². The van der Waals surface area contributed by atoms with E-state index in [1.807, 2.05) is 55.5 Å². The second-order valence-corrected chi connectivity index (χ2v) is 7.58. The Morgan fingerprint density at radius 2 is 1.72 bits per heavy atom. The summed E-state index contributed by atoms with van der Waals surface area (Å²) < 4.78 is 16.8. The van der Waals surface area contributed by atoms with Gasteiger partial charge in [-0.25, -0.2) is 4.98 Å². The van der Waals surface area contributed by atoms with Crippen LogP contribution in [0.4, 0.5) is 0 Å². The van der Waals surface area contributed by atoms with Gasteiger partial charge in [0, 0.05) is 17.5 Å². The van der Waals surface area contributed by atoms with Gasteiger partial charge < -0.3 is 13.9 Å². The van der Waals surface area contributed by atoms with Gasteiger partial charge in [0.05, 0.1) is 19.4 Å². The van der Waals surface area contributed by atoms with Gasteiger partial charge in [-0.3, -0.25) is 4.79 Å². The standard InChI is InChI=1S/C27H27NO4/c1-2-30-26(29)11-7-4-8-16-31-24-15-14-21-17-23(13-12-22(21)18-24)27-28-19-25(32-27)20-9-5-3-6-10-20/h3,5-6,9-10,12-15,17-19H,2,4,7-8,11,16H2,1H3. The van der Waals surface area contributed by atoms with Gasteiger partial charge in [0.1, 0.15) is 5.75 Å². The number of aromatic nitrogens is 1. The summed E-state index contributed by atoms with van der Waals surface area (Å²) in [6.07, 6.45) is 4.92. The molecule has 0 N–H and O–H groups in total. The van der Waals surface area contributed by atoms with Crippen LogP contribution in [0.2, 0.25) is 0 Å². The lowest BCUT2D eigenvalue weighted by atomic mass is 10.1. The number of benzene rings is 3. The van der Waals surface area contributed by atoms with Gasteiger partial charge in [-0.05, 0) is 61.2 Å². The number of ether oxygens (including phenoxy) is 2. The van der Waals surface area contributed by atoms with Crippen molar-refractivity contribution in [1.29, 1.82) is 0 Å². The van der Waals surface area contributed by atoms with Crippen LogP contribution in [0, 0.1) is 0 Å². The minimum atomic E-state index is -0.122. The molecule has 0 aliphatic rings. The Morgan fingerprint density at radius 1 is 0.906 bits per heavy atom. The van der Waals surface area contributed by atoms with E-state index in [4.69, 9.17) is 13.9 Å². The zero-order valence-electron chi connectivity index (χ0n) is 18.3. The van der Waals surface area contributed by atoms with Gasteiger partial charge in [-0.1, -0.05) is 42.5 Å². The number of nitrogens with zero attached hydrogens (tertiary/aromatic N) is 1. The molecule has 164 valence electrons. The molecular formula is C27H27NO4. The first kappa shape index (κ1) is 21.6. The second-order valence-electron chi connectivity index (χ2n) is 7.58. The van der Waals surface area contributed by atoms with Crippen molar-refractivity contribution in [2.75, 3.05) is 13.2 Å². The molecule has 32 heavy (non-hydrogen) atoms. The smallest absolute Gasteiger partial charge is 0.305 e. The van der Waals surface area contributed by atoms with Crippen LogP contribution in [0.25, 0.3) is 33.6 Å². The van der Waals surface area contributed by atoms with E-state index in [0.29, 0.717) is 25.5 Å². The maximum atomic E-state index is 11.3. The van der Waals surface area contributed by atoms with E-state index in [9.17, 15) is 4.79 Å². The second kappa shape index (κ2) is 10.6. The third kappa shape index (κ3) is 5.55. The Morgan fingerprint density at radius 3 is 2.56 bits per heavy atom. The van der Waals surface area contributed by atoms with E-state index < -0.39 is 0 Å². The third-order valence-corrected chi connectivity index (χ3v) is 5.22. The van der Waals surface area contributed by atoms with Crippen molar-refractivity contribution >= 4 is 16.7 Å². The Bertz CT molecular complexity index is 1170. The summed E-state index contributed by atoms with van der Waals surface area (Å²) in [4.78, 5) is 15.8. The van der Waals surface area contributed by atoms with Crippen molar-refractivity contribution in [3.05, 3.63) is 72.9 Å². The highest BCUT2D eigenvalue weighted by Crippen LogP contribution is 2.29. The minimum Gasteiger partial charge on any atom is -0.494 e. The topological polar surface area (TPSA) is 61.6 Å². The highest BCUT2D eigenvalue weighted by atomic mass is 16.5. The predicted octanol–water partition coefficient (Wildman–Crippen LogP) is 6.66. The van der Waals surface area contributed by atoms with Gasteiger partial charge in [-0.2, -0.15) is 0 Å². The SMILES string of the molecule is CCOC(=O)CCCCCOc1ccc2cc(-c3ncc(-c4ccccc4)o3)ccc2c1. The van der Waals surface area contributed by atoms with Gasteiger partial charge in [0.25, 0.3) is 0 Å². The highest BCUT2D eigenvalue weighted by Gasteiger charge is 2.09. The lowest BCUT2D eigenvalue weighted by molar-refractivity contribution is -0.143. The van der Waals surface area contributed by atoms with Crippen molar-refractivity contribution in [2.45, 2.75) is 32.6 Å². The number of oxazole rings is 1. The number of unbranched alkanes of at least 4 members (excludes halogenated alkanes) is 2. The van der Waals surface area contributed by atoms with E-state index in [1.54, 1.807) is 6.20 Å². The summed E-state index contributed by atoms with van der Waals surface area (Å²) in [5.41, 5.74) is 1.95. The van der Waals surface area contributed by atoms with E-state index in [-0.39, 0.29) is 5.97 Å². The van der Waals surface area contributed by atoms with Crippen molar-refractivity contribution in [3.63, 3.8) is 0 Å². The van der Waals surface area contributed by atoms with Crippen LogP contribution in [-0.4, -0.2) is 24.2 Å². The number of hydrogen-bond donors (Lipinski definition) is 0. The fourth-order valence-corrected chi connectivity index (χ4v) is 3.56. The van der Waals surface area contributed by atoms with Crippen LogP contribution < -0.4 is 4.74 Å². The van der Waals surface area contributed by atoms with Crippen LogP contribution in [0.3, 0.4) is 0 Å². The summed E-state index contributed by atoms with van der Waals surface area (Å²) in [5, 5.41) is 2.20. The molecule has 0 aliphatic carbocycles. The Labute approximate surface area is 188 Å². The summed E-state index contributed by atoms with van der Waals surface area (Å²) in [6, 6.07) is 22.2. The molecule has 0 fully saturated rings. The molecule has 0 unspecified atom stereocenters. The average Bonchev–Trinajstić information content (AvgIpc) is 3.32. The molecule has 0 amide bonds. The fraction of sp³-hybridized carbons (Fsp3) is 0.259. The summed E-state index contributed by atoms with van der Waals surface area (Å²) in [5.74, 6) is 2.09. The molecule has 4 rings (SSSR count). The first-order chi connectivity index (χ1) is 15.7. The molecule has 0 bridgehead atoms. The number of fused-ring (bicyclic) bond motifs is 1. The number of rotatable bonds is 10. The number of esters is 1. The van der Waals surface area contributed by atoms with Crippen molar-refractivity contribution in [2.24, 2.45) is 0 Å². The third-order valence-electron chi connectivity index (χ3n) is 5.22. The molecule has 3 aromatic carbocycles. The van der Waals surface area contributed by atoms with Gasteiger partial charge in [0.2, 0.25) is 5.89 Å². The maximum absolute atomic E-state index is 11.3. The van der Waals surface area contributed by atoms with Crippen molar-refractivity contribution in [1.82, 2.24) is 4.98 Å².